The van der Waals surface area contributed by atoms with E-state index in [1.165, 1.54) is 11.1 Å². The number of rotatable bonds is 7. The number of methoxy groups -OCH3 is 1. The Balaban J connectivity index is 1.64. The van der Waals surface area contributed by atoms with Crippen LogP contribution in [0.25, 0.3) is 0 Å². The highest BCUT2D eigenvalue weighted by atomic mass is 35.5. The van der Waals surface area contributed by atoms with Gasteiger partial charge in [-0.2, -0.15) is 4.98 Å². The van der Waals surface area contributed by atoms with E-state index < -0.39 is 7.14 Å². The second-order valence-electron chi connectivity index (χ2n) is 8.45. The van der Waals surface area contributed by atoms with Crippen LogP contribution in [-0.4, -0.2) is 48.4 Å². The Bertz CT molecular complexity index is 1210. The standard InChI is InChI=1S/C24H29ClN5O2P/c1-5-30-11-10-16-13-21(32-2)20(12-17(16)15-30)28-24-26-14-18(25)23(29-24)27-19-8-6-7-9-22(19)33(3,4)31/h6-9,12-14H,5,10-11,15H2,1-4H3,(H2,26,27,28,29). The van der Waals surface area contributed by atoms with E-state index in [0.29, 0.717) is 22.5 Å². The summed E-state index contributed by atoms with van der Waals surface area (Å²) in [5, 5.41) is 7.63. The van der Waals surface area contributed by atoms with Gasteiger partial charge >= 0.3 is 0 Å². The number of halogens is 1. The van der Waals surface area contributed by atoms with E-state index in [1.807, 2.05) is 24.3 Å². The van der Waals surface area contributed by atoms with Crippen LogP contribution in [0.15, 0.2) is 42.6 Å². The number of nitrogens with zero attached hydrogens (tertiary/aromatic N) is 3. The molecule has 0 unspecified atom stereocenters. The second kappa shape index (κ2) is 9.72. The molecule has 0 radical (unpaired) electrons. The zero-order valence-corrected chi connectivity index (χ0v) is 21.0. The summed E-state index contributed by atoms with van der Waals surface area (Å²) in [5.41, 5.74) is 4.09. The Morgan fingerprint density at radius 1 is 1.15 bits per heavy atom. The molecular weight excluding hydrogens is 457 g/mol. The summed E-state index contributed by atoms with van der Waals surface area (Å²) >= 11 is 6.39. The molecule has 2 N–H and O–H groups in total. The maximum atomic E-state index is 12.7. The lowest BCUT2D eigenvalue weighted by Gasteiger charge is -2.28. The molecule has 0 bridgehead atoms. The molecule has 0 atom stereocenters. The lowest BCUT2D eigenvalue weighted by Crippen LogP contribution is -2.30. The minimum absolute atomic E-state index is 0.369. The summed E-state index contributed by atoms with van der Waals surface area (Å²) in [4.78, 5) is 11.3. The fourth-order valence-electron chi connectivity index (χ4n) is 3.99. The van der Waals surface area contributed by atoms with Crippen molar-refractivity contribution in [2.24, 2.45) is 0 Å². The average Bonchev–Trinajstić information content (AvgIpc) is 2.80. The molecule has 9 heteroatoms. The highest BCUT2D eigenvalue weighted by Gasteiger charge is 2.20. The van der Waals surface area contributed by atoms with Crippen LogP contribution in [0, 0.1) is 0 Å². The van der Waals surface area contributed by atoms with Crippen molar-refractivity contribution in [2.45, 2.75) is 19.9 Å². The minimum atomic E-state index is -2.49. The van der Waals surface area contributed by atoms with Crippen molar-refractivity contribution in [1.29, 1.82) is 0 Å². The van der Waals surface area contributed by atoms with Crippen molar-refractivity contribution in [3.63, 3.8) is 0 Å². The number of benzene rings is 2. The maximum absolute atomic E-state index is 12.7. The Labute approximate surface area is 199 Å². The fraction of sp³-hybridized carbons (Fsp3) is 0.333. The van der Waals surface area contributed by atoms with Gasteiger partial charge in [-0.3, -0.25) is 4.90 Å². The van der Waals surface area contributed by atoms with Crippen molar-refractivity contribution >= 4 is 47.2 Å². The summed E-state index contributed by atoms with van der Waals surface area (Å²) in [6.45, 7) is 8.64. The average molecular weight is 486 g/mol. The molecule has 2 aromatic carbocycles. The van der Waals surface area contributed by atoms with Gasteiger partial charge in [0.15, 0.2) is 5.82 Å². The highest BCUT2D eigenvalue weighted by molar-refractivity contribution is 7.70. The van der Waals surface area contributed by atoms with Gasteiger partial charge in [-0.15, -0.1) is 0 Å². The molecule has 0 aliphatic carbocycles. The van der Waals surface area contributed by atoms with Crippen molar-refractivity contribution < 1.29 is 9.30 Å². The number of fused-ring (bicyclic) bond motifs is 1. The maximum Gasteiger partial charge on any atom is 0.229 e. The number of para-hydroxylation sites is 1. The van der Waals surface area contributed by atoms with Crippen LogP contribution < -0.4 is 20.7 Å². The van der Waals surface area contributed by atoms with Crippen molar-refractivity contribution in [3.8, 4) is 5.75 Å². The molecule has 0 saturated heterocycles. The molecule has 1 aromatic heterocycles. The van der Waals surface area contributed by atoms with E-state index in [9.17, 15) is 4.57 Å². The molecule has 0 amide bonds. The summed E-state index contributed by atoms with van der Waals surface area (Å²) in [6, 6.07) is 11.7. The Kier molecular flexibility index (Phi) is 6.94. The second-order valence-corrected chi connectivity index (χ2v) is 12.0. The van der Waals surface area contributed by atoms with Crippen LogP contribution in [0.5, 0.6) is 5.75 Å². The molecule has 0 saturated carbocycles. The molecule has 33 heavy (non-hydrogen) atoms. The van der Waals surface area contributed by atoms with E-state index >= 15 is 0 Å². The van der Waals surface area contributed by atoms with Crippen molar-refractivity contribution in [2.75, 3.05) is 44.2 Å². The lowest BCUT2D eigenvalue weighted by atomic mass is 9.98. The van der Waals surface area contributed by atoms with Crippen LogP contribution in [0.1, 0.15) is 18.1 Å². The predicted molar refractivity (Wildman–Crippen MR) is 137 cm³/mol. The van der Waals surface area contributed by atoms with Crippen molar-refractivity contribution in [1.82, 2.24) is 14.9 Å². The van der Waals surface area contributed by atoms with Crippen LogP contribution in [0.4, 0.5) is 23.1 Å². The monoisotopic (exact) mass is 485 g/mol. The first-order chi connectivity index (χ1) is 15.8. The van der Waals surface area contributed by atoms with Crippen LogP contribution in [-0.2, 0) is 17.5 Å². The lowest BCUT2D eigenvalue weighted by molar-refractivity contribution is 0.267. The molecule has 3 aromatic rings. The third-order valence-corrected chi connectivity index (χ3v) is 7.61. The Morgan fingerprint density at radius 3 is 2.67 bits per heavy atom. The fourth-order valence-corrected chi connectivity index (χ4v) is 5.29. The number of nitrogens with one attached hydrogen (secondary N) is 2. The Hall–Kier alpha value is -2.60. The first-order valence-corrected chi connectivity index (χ1v) is 13.9. The van der Waals surface area contributed by atoms with E-state index in [4.69, 9.17) is 16.3 Å². The molecule has 7 nitrogen and oxygen atoms in total. The van der Waals surface area contributed by atoms with Gasteiger partial charge in [-0.05, 0) is 61.7 Å². The van der Waals surface area contributed by atoms with Crippen LogP contribution in [0.2, 0.25) is 5.02 Å². The van der Waals surface area contributed by atoms with E-state index in [0.717, 1.165) is 42.8 Å². The van der Waals surface area contributed by atoms with Gasteiger partial charge in [0.05, 0.1) is 24.7 Å². The van der Waals surface area contributed by atoms with Gasteiger partial charge in [0.1, 0.15) is 17.9 Å². The number of anilines is 4. The van der Waals surface area contributed by atoms with Crippen molar-refractivity contribution in [3.05, 3.63) is 58.7 Å². The third kappa shape index (κ3) is 5.32. The molecule has 174 valence electrons. The van der Waals surface area contributed by atoms with Gasteiger partial charge in [-0.1, -0.05) is 30.7 Å². The van der Waals surface area contributed by atoms with E-state index in [1.54, 1.807) is 26.6 Å². The normalized spacial score (nSPS) is 14.0. The highest BCUT2D eigenvalue weighted by Crippen LogP contribution is 2.39. The molecule has 0 spiro atoms. The molecular formula is C24H29ClN5O2P. The molecule has 2 heterocycles. The quantitative estimate of drug-likeness (QED) is 0.442. The SMILES string of the molecule is CCN1CCc2cc(OC)c(Nc3ncc(Cl)c(Nc4ccccc4P(C)(C)=O)n3)cc2C1. The van der Waals surface area contributed by atoms with Gasteiger partial charge in [0.2, 0.25) is 5.95 Å². The number of hydrogen-bond acceptors (Lipinski definition) is 7. The number of aromatic nitrogens is 2. The predicted octanol–water partition coefficient (Wildman–Crippen LogP) is 5.25. The van der Waals surface area contributed by atoms with E-state index in [-0.39, 0.29) is 0 Å². The zero-order valence-electron chi connectivity index (χ0n) is 19.4. The van der Waals surface area contributed by atoms with Crippen LogP contribution in [0.3, 0.4) is 0 Å². The smallest absolute Gasteiger partial charge is 0.229 e. The number of ether oxygens (including phenoxy) is 1. The largest absolute Gasteiger partial charge is 0.495 e. The topological polar surface area (TPSA) is 79.4 Å². The Morgan fingerprint density at radius 2 is 1.94 bits per heavy atom. The van der Waals surface area contributed by atoms with Gasteiger partial charge < -0.3 is 19.9 Å². The number of likely N-dealkylation sites (N-methyl/N-ethyl adjacent to an activating group) is 1. The minimum Gasteiger partial charge on any atom is -0.495 e. The van der Waals surface area contributed by atoms with Gasteiger partial charge in [-0.25, -0.2) is 4.98 Å². The first-order valence-electron chi connectivity index (χ1n) is 10.9. The van der Waals surface area contributed by atoms with Gasteiger partial charge in [0.25, 0.3) is 0 Å². The van der Waals surface area contributed by atoms with E-state index in [2.05, 4.69) is 44.6 Å². The summed E-state index contributed by atoms with van der Waals surface area (Å²) in [5.74, 6) is 1.57. The molecule has 1 aliphatic heterocycles. The van der Waals surface area contributed by atoms with Gasteiger partial charge in [0, 0.05) is 18.4 Å². The summed E-state index contributed by atoms with van der Waals surface area (Å²) in [6.07, 6.45) is 2.55. The first kappa shape index (κ1) is 23.6. The third-order valence-electron chi connectivity index (χ3n) is 5.79. The van der Waals surface area contributed by atoms with Crippen LogP contribution >= 0.6 is 18.7 Å². The zero-order chi connectivity index (χ0) is 23.6. The summed E-state index contributed by atoms with van der Waals surface area (Å²) in [7, 11) is -0.828. The summed E-state index contributed by atoms with van der Waals surface area (Å²) < 4.78 is 18.4. The number of hydrogen-bond donors (Lipinski definition) is 2. The molecule has 4 rings (SSSR count). The molecule has 1 aliphatic rings. The molecule has 0 fully saturated rings.